The van der Waals surface area contributed by atoms with Gasteiger partial charge < -0.3 is 19.9 Å². The minimum absolute atomic E-state index is 0.0698. The first-order valence-electron chi connectivity index (χ1n) is 7.25. The van der Waals surface area contributed by atoms with Crippen LogP contribution in [0.15, 0.2) is 41.4 Å². The molecule has 0 unspecified atom stereocenters. The highest BCUT2D eigenvalue weighted by molar-refractivity contribution is 5.95. The van der Waals surface area contributed by atoms with Crippen LogP contribution < -0.4 is 10.1 Å². The van der Waals surface area contributed by atoms with Crippen LogP contribution in [0.1, 0.15) is 39.2 Å². The fourth-order valence-corrected chi connectivity index (χ4v) is 2.82. The topological polar surface area (TPSA) is 67.8 Å². The van der Waals surface area contributed by atoms with E-state index in [9.17, 15) is 9.90 Å². The number of fused-ring (bicyclic) bond motifs is 1. The molecule has 0 aromatic heterocycles. The standard InChI is InChI=1S/C17H19NO4/c1-9(2)12-5-6-14-13(7-12)18-17(22-14)8-10(3)21-16(20)15(17)11(4)19/h5-9,18-19H,1-4H3/t17-/m0/s1. The van der Waals surface area contributed by atoms with E-state index < -0.39 is 11.7 Å². The predicted molar refractivity (Wildman–Crippen MR) is 82.7 cm³/mol. The normalized spacial score (nSPS) is 25.3. The van der Waals surface area contributed by atoms with Crippen LogP contribution >= 0.6 is 0 Å². The summed E-state index contributed by atoms with van der Waals surface area (Å²) in [6, 6.07) is 5.87. The molecule has 2 aliphatic heterocycles. The third-order valence-corrected chi connectivity index (χ3v) is 3.86. The second-order valence-electron chi connectivity index (χ2n) is 5.98. The van der Waals surface area contributed by atoms with Gasteiger partial charge in [-0.3, -0.25) is 0 Å². The molecule has 5 heteroatoms. The molecule has 22 heavy (non-hydrogen) atoms. The molecule has 2 N–H and O–H groups in total. The number of benzene rings is 1. The summed E-state index contributed by atoms with van der Waals surface area (Å²) in [5.74, 6) is 0.718. The Balaban J connectivity index is 2.10. The van der Waals surface area contributed by atoms with Crippen LogP contribution in [0.2, 0.25) is 0 Å². The first-order chi connectivity index (χ1) is 10.3. The highest BCUT2D eigenvalue weighted by Crippen LogP contribution is 2.44. The van der Waals surface area contributed by atoms with E-state index in [1.807, 2.05) is 18.2 Å². The minimum atomic E-state index is -1.21. The second-order valence-corrected chi connectivity index (χ2v) is 5.98. The van der Waals surface area contributed by atoms with E-state index >= 15 is 0 Å². The number of aliphatic hydroxyl groups is 1. The van der Waals surface area contributed by atoms with Gasteiger partial charge in [-0.25, -0.2) is 4.79 Å². The van der Waals surface area contributed by atoms with Gasteiger partial charge in [-0.05, 0) is 37.5 Å². The van der Waals surface area contributed by atoms with Crippen molar-refractivity contribution < 1.29 is 19.4 Å². The quantitative estimate of drug-likeness (QED) is 0.471. The molecule has 0 amide bonds. The Bertz CT molecular complexity index is 713. The van der Waals surface area contributed by atoms with E-state index in [2.05, 4.69) is 19.2 Å². The molecule has 0 radical (unpaired) electrons. The molecule has 2 aliphatic rings. The summed E-state index contributed by atoms with van der Waals surface area (Å²) in [5, 5.41) is 13.1. The number of nitrogens with one attached hydrogen (secondary N) is 1. The maximum atomic E-state index is 12.1. The van der Waals surface area contributed by atoms with Crippen molar-refractivity contribution in [1.82, 2.24) is 0 Å². The highest BCUT2D eigenvalue weighted by atomic mass is 16.6. The fraction of sp³-hybridized carbons (Fsp3) is 0.353. The average molecular weight is 301 g/mol. The van der Waals surface area contributed by atoms with Crippen LogP contribution in [0, 0.1) is 0 Å². The number of allylic oxidation sites excluding steroid dienone is 2. The third-order valence-electron chi connectivity index (χ3n) is 3.86. The summed E-state index contributed by atoms with van der Waals surface area (Å²) in [5.41, 5.74) is 0.817. The van der Waals surface area contributed by atoms with Crippen molar-refractivity contribution in [2.24, 2.45) is 0 Å². The lowest BCUT2D eigenvalue weighted by molar-refractivity contribution is -0.138. The van der Waals surface area contributed by atoms with Crippen molar-refractivity contribution in [2.45, 2.75) is 39.3 Å². The number of carbonyl (C=O) groups is 1. The Labute approximate surface area is 129 Å². The number of esters is 1. The SMILES string of the molecule is CC1=C[C@@]2(Nc3cc(C(C)C)ccc3O2)C(=C(C)O)C(=O)O1. The molecule has 5 nitrogen and oxygen atoms in total. The molecule has 1 aromatic carbocycles. The molecule has 0 saturated carbocycles. The maximum Gasteiger partial charge on any atom is 0.349 e. The lowest BCUT2D eigenvalue weighted by atomic mass is 9.98. The van der Waals surface area contributed by atoms with Crippen molar-refractivity contribution in [2.75, 3.05) is 5.32 Å². The van der Waals surface area contributed by atoms with Gasteiger partial charge in [-0.1, -0.05) is 19.9 Å². The number of ether oxygens (including phenoxy) is 2. The average Bonchev–Trinajstić information content (AvgIpc) is 2.73. The molecule has 1 spiro atoms. The number of hydrogen-bond acceptors (Lipinski definition) is 5. The number of anilines is 1. The summed E-state index contributed by atoms with van der Waals surface area (Å²) in [6.07, 6.45) is 1.67. The maximum absolute atomic E-state index is 12.1. The number of cyclic esters (lactones) is 1. The number of hydrogen-bond donors (Lipinski definition) is 2. The molecule has 1 atom stereocenters. The summed E-state index contributed by atoms with van der Waals surface area (Å²) < 4.78 is 11.1. The van der Waals surface area contributed by atoms with E-state index in [1.165, 1.54) is 6.92 Å². The molecule has 0 saturated heterocycles. The molecule has 0 fully saturated rings. The van der Waals surface area contributed by atoms with Gasteiger partial charge in [0, 0.05) is 6.08 Å². The van der Waals surface area contributed by atoms with Gasteiger partial charge in [0.25, 0.3) is 0 Å². The van der Waals surface area contributed by atoms with Gasteiger partial charge in [0.15, 0.2) is 0 Å². The predicted octanol–water partition coefficient (Wildman–Crippen LogP) is 3.60. The van der Waals surface area contributed by atoms with E-state index in [4.69, 9.17) is 9.47 Å². The monoisotopic (exact) mass is 301 g/mol. The van der Waals surface area contributed by atoms with E-state index in [0.717, 1.165) is 11.3 Å². The van der Waals surface area contributed by atoms with Gasteiger partial charge >= 0.3 is 5.97 Å². The third kappa shape index (κ3) is 2.13. The molecule has 0 aliphatic carbocycles. The van der Waals surface area contributed by atoms with Crippen molar-refractivity contribution >= 4 is 11.7 Å². The molecule has 116 valence electrons. The lowest BCUT2D eigenvalue weighted by Crippen LogP contribution is -2.47. The first kappa shape index (κ1) is 14.5. The number of rotatable bonds is 1. The highest BCUT2D eigenvalue weighted by Gasteiger charge is 2.49. The minimum Gasteiger partial charge on any atom is -0.512 e. The zero-order valence-corrected chi connectivity index (χ0v) is 13.1. The Kier molecular flexibility index (Phi) is 3.16. The molecule has 3 rings (SSSR count). The lowest BCUT2D eigenvalue weighted by Gasteiger charge is -2.31. The number of carbonyl (C=O) groups excluding carboxylic acids is 1. The first-order valence-corrected chi connectivity index (χ1v) is 7.25. The van der Waals surface area contributed by atoms with E-state index in [1.54, 1.807) is 13.0 Å². The fourth-order valence-electron chi connectivity index (χ4n) is 2.82. The Morgan fingerprint density at radius 3 is 2.73 bits per heavy atom. The second kappa shape index (κ2) is 4.80. The van der Waals surface area contributed by atoms with Crippen molar-refractivity contribution in [3.63, 3.8) is 0 Å². The van der Waals surface area contributed by atoms with Crippen molar-refractivity contribution in [1.29, 1.82) is 0 Å². The van der Waals surface area contributed by atoms with E-state index in [-0.39, 0.29) is 11.3 Å². The zero-order valence-electron chi connectivity index (χ0n) is 13.1. The largest absolute Gasteiger partial charge is 0.512 e. The van der Waals surface area contributed by atoms with Gasteiger partial charge in [-0.2, -0.15) is 0 Å². The van der Waals surface area contributed by atoms with Crippen molar-refractivity contribution in [3.05, 3.63) is 46.9 Å². The zero-order chi connectivity index (χ0) is 16.1. The van der Waals surface area contributed by atoms with E-state index in [0.29, 0.717) is 17.4 Å². The van der Waals surface area contributed by atoms with Crippen LogP contribution in [0.3, 0.4) is 0 Å². The van der Waals surface area contributed by atoms with Gasteiger partial charge in [0.05, 0.1) is 5.69 Å². The summed E-state index contributed by atoms with van der Waals surface area (Å²) >= 11 is 0. The van der Waals surface area contributed by atoms with Crippen LogP contribution in [-0.2, 0) is 9.53 Å². The van der Waals surface area contributed by atoms with Crippen molar-refractivity contribution in [3.8, 4) is 5.75 Å². The van der Waals surface area contributed by atoms with Crippen LogP contribution in [0.25, 0.3) is 0 Å². The molecule has 1 aromatic rings. The Hall–Kier alpha value is -2.43. The van der Waals surface area contributed by atoms with Gasteiger partial charge in [0.2, 0.25) is 5.72 Å². The van der Waals surface area contributed by atoms with Crippen LogP contribution in [-0.4, -0.2) is 16.8 Å². The van der Waals surface area contributed by atoms with Gasteiger partial charge in [-0.15, -0.1) is 0 Å². The summed E-state index contributed by atoms with van der Waals surface area (Å²) in [6.45, 7) is 7.34. The smallest absolute Gasteiger partial charge is 0.349 e. The number of aliphatic hydroxyl groups excluding tert-OH is 1. The van der Waals surface area contributed by atoms with Crippen LogP contribution in [0.5, 0.6) is 5.75 Å². The van der Waals surface area contributed by atoms with Gasteiger partial charge in [0.1, 0.15) is 22.8 Å². The Morgan fingerprint density at radius 2 is 2.09 bits per heavy atom. The Morgan fingerprint density at radius 1 is 1.36 bits per heavy atom. The summed E-state index contributed by atoms with van der Waals surface area (Å²) in [7, 11) is 0. The summed E-state index contributed by atoms with van der Waals surface area (Å²) in [4.78, 5) is 12.1. The molecular weight excluding hydrogens is 282 g/mol. The molecule has 0 bridgehead atoms. The molecule has 2 heterocycles. The van der Waals surface area contributed by atoms with Crippen LogP contribution in [0.4, 0.5) is 5.69 Å². The molecular formula is C17H19NO4.